The van der Waals surface area contributed by atoms with Crippen LogP contribution < -0.4 is 15.4 Å². The standard InChI is InChI=1S/C40H47FN2O2.ClH/c1-30-28-32-22-27-43-39(2,36(32)29-37(30)45-3)23-10-24-40(33-12-6-4-7-13-33,34-14-8-5-9-15-34)25-11-26-42-38(44)21-18-31-16-19-35(41)20-17-31;/h4-9,12-17,19-20,28-29,43H,10-11,18,21-27H2,1-3H3,(H,42,44);1H. The van der Waals surface area contributed by atoms with Crippen molar-refractivity contribution in [3.8, 4) is 5.75 Å². The molecule has 4 nitrogen and oxygen atoms in total. The summed E-state index contributed by atoms with van der Waals surface area (Å²) in [7, 11) is 1.75. The van der Waals surface area contributed by atoms with E-state index in [2.05, 4.69) is 97.3 Å². The molecule has 1 heterocycles. The zero-order valence-electron chi connectivity index (χ0n) is 27.4. The molecule has 0 spiro atoms. The van der Waals surface area contributed by atoms with Gasteiger partial charge in [-0.05, 0) is 110 Å². The van der Waals surface area contributed by atoms with Crippen LogP contribution >= 0.6 is 12.4 Å². The fraction of sp³-hybridized carbons (Fsp3) is 0.375. The second kappa shape index (κ2) is 16.2. The van der Waals surface area contributed by atoms with Crippen LogP contribution in [-0.4, -0.2) is 26.1 Å². The number of carbonyl (C=O) groups is 1. The van der Waals surface area contributed by atoms with Crippen LogP contribution in [0.3, 0.4) is 0 Å². The van der Waals surface area contributed by atoms with E-state index in [0.29, 0.717) is 19.4 Å². The number of halogens is 2. The Hall–Kier alpha value is -3.67. The highest BCUT2D eigenvalue weighted by Gasteiger charge is 2.36. The lowest BCUT2D eigenvalue weighted by Crippen LogP contribution is -2.45. The number of benzene rings is 4. The number of amides is 1. The van der Waals surface area contributed by atoms with Crippen LogP contribution in [0.1, 0.15) is 78.8 Å². The van der Waals surface area contributed by atoms with Crippen LogP contribution in [0.4, 0.5) is 4.39 Å². The Labute approximate surface area is 280 Å². The van der Waals surface area contributed by atoms with Gasteiger partial charge >= 0.3 is 0 Å². The van der Waals surface area contributed by atoms with Gasteiger partial charge in [0.25, 0.3) is 0 Å². The van der Waals surface area contributed by atoms with Crippen molar-refractivity contribution in [1.29, 1.82) is 0 Å². The maximum atomic E-state index is 13.2. The molecule has 1 aliphatic rings. The molecule has 0 aliphatic carbocycles. The third kappa shape index (κ3) is 8.37. The molecule has 1 atom stereocenters. The lowest BCUT2D eigenvalue weighted by molar-refractivity contribution is -0.121. The molecule has 0 bridgehead atoms. The van der Waals surface area contributed by atoms with E-state index in [-0.39, 0.29) is 35.1 Å². The van der Waals surface area contributed by atoms with Gasteiger partial charge < -0.3 is 15.4 Å². The van der Waals surface area contributed by atoms with Gasteiger partial charge in [0.15, 0.2) is 0 Å². The van der Waals surface area contributed by atoms with Gasteiger partial charge in [-0.1, -0.05) is 85.3 Å². The van der Waals surface area contributed by atoms with E-state index in [1.165, 1.54) is 39.9 Å². The largest absolute Gasteiger partial charge is 0.496 e. The molecule has 46 heavy (non-hydrogen) atoms. The van der Waals surface area contributed by atoms with E-state index >= 15 is 0 Å². The molecule has 0 radical (unpaired) electrons. The number of hydrogen-bond acceptors (Lipinski definition) is 3. The molecule has 1 aliphatic heterocycles. The van der Waals surface area contributed by atoms with Gasteiger partial charge in [-0.15, -0.1) is 12.4 Å². The molecule has 4 aromatic rings. The molecule has 0 saturated carbocycles. The number of nitrogens with one attached hydrogen (secondary N) is 2. The van der Waals surface area contributed by atoms with E-state index in [4.69, 9.17) is 4.74 Å². The minimum Gasteiger partial charge on any atom is -0.496 e. The number of carbonyl (C=O) groups excluding carboxylic acids is 1. The normalized spacial score (nSPS) is 15.8. The molecule has 4 aromatic carbocycles. The minimum atomic E-state index is -0.257. The molecule has 6 heteroatoms. The van der Waals surface area contributed by atoms with Crippen molar-refractivity contribution in [3.63, 3.8) is 0 Å². The van der Waals surface area contributed by atoms with Crippen LogP contribution in [0.25, 0.3) is 0 Å². The summed E-state index contributed by atoms with van der Waals surface area (Å²) in [6, 6.07) is 32.7. The third-order valence-electron chi connectivity index (χ3n) is 9.71. The van der Waals surface area contributed by atoms with E-state index in [0.717, 1.165) is 56.4 Å². The fourth-order valence-electron chi connectivity index (χ4n) is 7.22. The average Bonchev–Trinajstić information content (AvgIpc) is 3.06. The molecular weight excluding hydrogens is 595 g/mol. The zero-order valence-corrected chi connectivity index (χ0v) is 28.2. The van der Waals surface area contributed by atoms with Gasteiger partial charge in [0.1, 0.15) is 11.6 Å². The highest BCUT2D eigenvalue weighted by molar-refractivity contribution is 5.85. The molecule has 244 valence electrons. The summed E-state index contributed by atoms with van der Waals surface area (Å²) in [5, 5.41) is 7.00. The fourth-order valence-corrected chi connectivity index (χ4v) is 7.22. The maximum Gasteiger partial charge on any atom is 0.220 e. The van der Waals surface area contributed by atoms with Gasteiger partial charge in [0.2, 0.25) is 5.91 Å². The van der Waals surface area contributed by atoms with Gasteiger partial charge in [0, 0.05) is 23.9 Å². The summed E-state index contributed by atoms with van der Waals surface area (Å²) in [4.78, 5) is 12.7. The average molecular weight is 643 g/mol. The van der Waals surface area contributed by atoms with Crippen LogP contribution in [0.5, 0.6) is 5.75 Å². The summed E-state index contributed by atoms with van der Waals surface area (Å²) < 4.78 is 19.0. The van der Waals surface area contributed by atoms with Crippen LogP contribution in [0, 0.1) is 12.7 Å². The Morgan fingerprint density at radius 1 is 0.935 bits per heavy atom. The van der Waals surface area contributed by atoms with E-state index in [1.54, 1.807) is 19.2 Å². The highest BCUT2D eigenvalue weighted by atomic mass is 35.5. The maximum absolute atomic E-state index is 13.2. The summed E-state index contributed by atoms with van der Waals surface area (Å²) >= 11 is 0. The molecule has 5 rings (SSSR count). The summed E-state index contributed by atoms with van der Waals surface area (Å²) in [5.41, 5.74) is 7.25. The van der Waals surface area contributed by atoms with Gasteiger partial charge in [-0.3, -0.25) is 4.79 Å². The second-order valence-electron chi connectivity index (χ2n) is 12.7. The molecule has 1 amide bonds. The van der Waals surface area contributed by atoms with E-state index < -0.39 is 0 Å². The van der Waals surface area contributed by atoms with Crippen LogP contribution in [0.2, 0.25) is 0 Å². The quantitative estimate of drug-likeness (QED) is 0.135. The Bertz CT molecular complexity index is 1510. The number of fused-ring (bicyclic) bond motifs is 1. The van der Waals surface area contributed by atoms with E-state index in [1.807, 2.05) is 0 Å². The molecule has 0 fully saturated rings. The predicted octanol–water partition coefficient (Wildman–Crippen LogP) is 8.61. The summed E-state index contributed by atoms with van der Waals surface area (Å²) in [6.07, 6.45) is 6.85. The molecule has 2 N–H and O–H groups in total. The number of ether oxygens (including phenoxy) is 1. The Kier molecular flexibility index (Phi) is 12.4. The minimum absolute atomic E-state index is 0. The third-order valence-corrected chi connectivity index (χ3v) is 9.71. The topological polar surface area (TPSA) is 50.4 Å². The van der Waals surface area contributed by atoms with Gasteiger partial charge in [0.05, 0.1) is 7.11 Å². The zero-order chi connectivity index (χ0) is 31.7. The first kappa shape index (κ1) is 35.2. The first-order valence-electron chi connectivity index (χ1n) is 16.4. The number of hydrogen-bond donors (Lipinski definition) is 2. The van der Waals surface area contributed by atoms with Crippen molar-refractivity contribution in [2.75, 3.05) is 20.2 Å². The van der Waals surface area contributed by atoms with Crippen molar-refractivity contribution in [2.24, 2.45) is 0 Å². The predicted molar refractivity (Wildman–Crippen MR) is 189 cm³/mol. The Morgan fingerprint density at radius 3 is 2.20 bits per heavy atom. The van der Waals surface area contributed by atoms with Crippen molar-refractivity contribution in [3.05, 3.63) is 136 Å². The van der Waals surface area contributed by atoms with E-state index in [9.17, 15) is 9.18 Å². The van der Waals surface area contributed by atoms with Crippen molar-refractivity contribution < 1.29 is 13.9 Å². The summed E-state index contributed by atoms with van der Waals surface area (Å²) in [6.45, 7) is 6.06. The van der Waals surface area contributed by atoms with Crippen LogP contribution in [0.15, 0.2) is 97.1 Å². The Balaban J connectivity index is 0.00000480. The molecule has 0 saturated heterocycles. The summed E-state index contributed by atoms with van der Waals surface area (Å²) in [5.74, 6) is 0.726. The lowest BCUT2D eigenvalue weighted by atomic mass is 9.67. The van der Waals surface area contributed by atoms with Gasteiger partial charge in [-0.2, -0.15) is 0 Å². The molecule has 0 aromatic heterocycles. The van der Waals surface area contributed by atoms with Crippen molar-refractivity contribution in [2.45, 2.75) is 76.2 Å². The van der Waals surface area contributed by atoms with Gasteiger partial charge in [-0.25, -0.2) is 4.39 Å². The van der Waals surface area contributed by atoms with Crippen molar-refractivity contribution in [1.82, 2.24) is 10.6 Å². The first-order chi connectivity index (χ1) is 21.8. The van der Waals surface area contributed by atoms with Crippen molar-refractivity contribution >= 4 is 18.3 Å². The second-order valence-corrected chi connectivity index (χ2v) is 12.7. The SMILES string of the molecule is COc1cc2c(cc1C)CCNC2(C)CCCC(CCCNC(=O)CCc1ccc(F)cc1)(c1ccccc1)c1ccccc1.Cl. The Morgan fingerprint density at radius 2 is 1.57 bits per heavy atom. The smallest absolute Gasteiger partial charge is 0.220 e. The number of rotatable bonds is 14. The molecular formula is C40H48ClFN2O2. The first-order valence-corrected chi connectivity index (χ1v) is 16.4. The number of aryl methyl sites for hydroxylation is 2. The number of methoxy groups -OCH3 is 1. The highest BCUT2D eigenvalue weighted by Crippen LogP contribution is 2.43. The van der Waals surface area contributed by atoms with Crippen LogP contribution in [-0.2, 0) is 28.6 Å². The monoisotopic (exact) mass is 642 g/mol. The molecule has 1 unspecified atom stereocenters. The lowest BCUT2D eigenvalue weighted by Gasteiger charge is -2.40.